The average molecular weight is 275 g/mol. The summed E-state index contributed by atoms with van der Waals surface area (Å²) in [7, 11) is 1.54. The van der Waals surface area contributed by atoms with Crippen molar-refractivity contribution in [1.82, 2.24) is 20.1 Å². The van der Waals surface area contributed by atoms with E-state index in [1.807, 2.05) is 19.2 Å². The number of methoxy groups -OCH3 is 1. The topological polar surface area (TPSA) is 81.1 Å². The Bertz CT molecular complexity index is 538. The number of nitrogens with one attached hydrogen (secondary N) is 2. The highest BCUT2D eigenvalue weighted by Gasteiger charge is 2.08. The molecule has 1 atom stereocenters. The molecule has 0 spiro atoms. The van der Waals surface area contributed by atoms with Crippen LogP contribution in [0.3, 0.4) is 0 Å². The van der Waals surface area contributed by atoms with Crippen LogP contribution in [-0.2, 0) is 6.54 Å². The number of nitrogens with zero attached hydrogens (tertiary/aromatic N) is 3. The maximum atomic E-state index is 11.8. The first-order valence-corrected chi connectivity index (χ1v) is 6.22. The largest absolute Gasteiger partial charge is 0.481 e. The number of carbonyl (C=O) groups excluding carboxylic acids is 1. The zero-order valence-corrected chi connectivity index (χ0v) is 11.4. The van der Waals surface area contributed by atoms with Gasteiger partial charge in [0.1, 0.15) is 0 Å². The molecule has 0 aliphatic heterocycles. The highest BCUT2D eigenvalue weighted by Crippen LogP contribution is 2.10. The molecular weight excluding hydrogens is 258 g/mol. The van der Waals surface area contributed by atoms with Gasteiger partial charge in [-0.2, -0.15) is 5.10 Å². The molecule has 2 rings (SSSR count). The lowest BCUT2D eigenvalue weighted by atomic mass is 10.3. The standard InChI is InChI=1S/C13H17N5O2/c1-10(9-18-7-3-6-15-18)16-13(19)17-11-4-5-12(20-2)14-8-11/h3-8,10H,9H2,1-2H3,(H2,16,17,19)/t10-/m1/s1. The van der Waals surface area contributed by atoms with Gasteiger partial charge in [-0.3, -0.25) is 4.68 Å². The van der Waals surface area contributed by atoms with Crippen molar-refractivity contribution in [3.05, 3.63) is 36.8 Å². The molecule has 0 saturated heterocycles. The summed E-state index contributed by atoms with van der Waals surface area (Å²) in [5.41, 5.74) is 0.606. The molecule has 0 unspecified atom stereocenters. The van der Waals surface area contributed by atoms with E-state index in [4.69, 9.17) is 4.74 Å². The van der Waals surface area contributed by atoms with Crippen molar-refractivity contribution in [1.29, 1.82) is 0 Å². The molecule has 0 bridgehead atoms. The van der Waals surface area contributed by atoms with Crippen molar-refractivity contribution in [2.24, 2.45) is 0 Å². The molecule has 0 aliphatic carbocycles. The van der Waals surface area contributed by atoms with E-state index in [0.29, 0.717) is 18.1 Å². The molecule has 0 aliphatic rings. The summed E-state index contributed by atoms with van der Waals surface area (Å²) < 4.78 is 6.71. The van der Waals surface area contributed by atoms with Gasteiger partial charge in [-0.05, 0) is 19.1 Å². The van der Waals surface area contributed by atoms with Crippen LogP contribution < -0.4 is 15.4 Å². The minimum atomic E-state index is -0.281. The monoisotopic (exact) mass is 275 g/mol. The third kappa shape index (κ3) is 3.98. The maximum Gasteiger partial charge on any atom is 0.319 e. The van der Waals surface area contributed by atoms with Gasteiger partial charge >= 0.3 is 6.03 Å². The summed E-state index contributed by atoms with van der Waals surface area (Å²) in [6.45, 7) is 2.52. The fraction of sp³-hybridized carbons (Fsp3) is 0.308. The van der Waals surface area contributed by atoms with Crippen LogP contribution in [0.2, 0.25) is 0 Å². The predicted molar refractivity (Wildman–Crippen MR) is 74.6 cm³/mol. The van der Waals surface area contributed by atoms with Crippen molar-refractivity contribution in [3.63, 3.8) is 0 Å². The molecule has 2 amide bonds. The first-order chi connectivity index (χ1) is 9.67. The zero-order valence-electron chi connectivity index (χ0n) is 11.4. The smallest absolute Gasteiger partial charge is 0.319 e. The van der Waals surface area contributed by atoms with Crippen LogP contribution in [0.25, 0.3) is 0 Å². The van der Waals surface area contributed by atoms with E-state index in [2.05, 4.69) is 20.7 Å². The van der Waals surface area contributed by atoms with Gasteiger partial charge < -0.3 is 15.4 Å². The van der Waals surface area contributed by atoms with E-state index >= 15 is 0 Å². The van der Waals surface area contributed by atoms with Crippen molar-refractivity contribution >= 4 is 11.7 Å². The van der Waals surface area contributed by atoms with Crippen LogP contribution in [0.1, 0.15) is 6.92 Å². The number of urea groups is 1. The number of ether oxygens (including phenoxy) is 1. The fourth-order valence-corrected chi connectivity index (χ4v) is 1.70. The molecular formula is C13H17N5O2. The van der Waals surface area contributed by atoms with Crippen LogP contribution in [0, 0.1) is 0 Å². The molecule has 2 aromatic rings. The van der Waals surface area contributed by atoms with Crippen LogP contribution in [0.4, 0.5) is 10.5 Å². The molecule has 0 radical (unpaired) electrons. The zero-order chi connectivity index (χ0) is 14.4. The third-order valence-corrected chi connectivity index (χ3v) is 2.60. The Kier molecular flexibility index (Phi) is 4.54. The predicted octanol–water partition coefficient (Wildman–Crippen LogP) is 1.50. The van der Waals surface area contributed by atoms with Crippen LogP contribution >= 0.6 is 0 Å². The average Bonchev–Trinajstić information content (AvgIpc) is 2.92. The Balaban J connectivity index is 1.82. The van der Waals surface area contributed by atoms with Gasteiger partial charge in [-0.15, -0.1) is 0 Å². The summed E-state index contributed by atoms with van der Waals surface area (Å²) in [5, 5.41) is 9.62. The maximum absolute atomic E-state index is 11.8. The number of carbonyl (C=O) groups is 1. The SMILES string of the molecule is COc1ccc(NC(=O)N[C@H](C)Cn2cccn2)cn1. The summed E-state index contributed by atoms with van der Waals surface area (Å²) >= 11 is 0. The Morgan fingerprint density at radius 2 is 2.35 bits per heavy atom. The van der Waals surface area contributed by atoms with E-state index in [-0.39, 0.29) is 12.1 Å². The number of anilines is 1. The Morgan fingerprint density at radius 1 is 1.50 bits per heavy atom. The lowest BCUT2D eigenvalue weighted by Gasteiger charge is -2.14. The van der Waals surface area contributed by atoms with Gasteiger partial charge in [0, 0.05) is 24.5 Å². The van der Waals surface area contributed by atoms with Crippen molar-refractivity contribution in [2.45, 2.75) is 19.5 Å². The lowest BCUT2D eigenvalue weighted by Crippen LogP contribution is -2.38. The molecule has 106 valence electrons. The van der Waals surface area contributed by atoms with Gasteiger partial charge in [0.05, 0.1) is 25.5 Å². The summed E-state index contributed by atoms with van der Waals surface area (Å²) in [6.07, 6.45) is 5.09. The first kappa shape index (κ1) is 13.9. The van der Waals surface area contributed by atoms with Gasteiger partial charge in [0.25, 0.3) is 0 Å². The second-order valence-corrected chi connectivity index (χ2v) is 4.32. The molecule has 0 fully saturated rings. The molecule has 0 saturated carbocycles. The highest BCUT2D eigenvalue weighted by molar-refractivity contribution is 5.89. The normalized spacial score (nSPS) is 11.7. The summed E-state index contributed by atoms with van der Waals surface area (Å²) in [6, 6.07) is 4.93. The first-order valence-electron chi connectivity index (χ1n) is 6.22. The third-order valence-electron chi connectivity index (χ3n) is 2.60. The summed E-state index contributed by atoms with van der Waals surface area (Å²) in [5.74, 6) is 0.503. The number of hydrogen-bond donors (Lipinski definition) is 2. The Morgan fingerprint density at radius 3 is 2.95 bits per heavy atom. The minimum absolute atomic E-state index is 0.0406. The molecule has 7 heteroatoms. The number of aromatic nitrogens is 3. The van der Waals surface area contributed by atoms with Gasteiger partial charge in [-0.1, -0.05) is 0 Å². The molecule has 2 aromatic heterocycles. The Labute approximate surface area is 117 Å². The van der Waals surface area contributed by atoms with Gasteiger partial charge in [0.2, 0.25) is 5.88 Å². The van der Waals surface area contributed by atoms with E-state index in [1.165, 1.54) is 6.20 Å². The number of pyridine rings is 1. The highest BCUT2D eigenvalue weighted by atomic mass is 16.5. The number of rotatable bonds is 5. The van der Waals surface area contributed by atoms with Crippen LogP contribution in [0.5, 0.6) is 5.88 Å². The quantitative estimate of drug-likeness (QED) is 0.866. The van der Waals surface area contributed by atoms with Crippen LogP contribution in [-0.4, -0.2) is 33.9 Å². The van der Waals surface area contributed by atoms with E-state index < -0.39 is 0 Å². The molecule has 2 N–H and O–H groups in total. The molecule has 20 heavy (non-hydrogen) atoms. The van der Waals surface area contributed by atoms with E-state index in [0.717, 1.165) is 0 Å². The molecule has 0 aromatic carbocycles. The second kappa shape index (κ2) is 6.55. The van der Waals surface area contributed by atoms with E-state index in [1.54, 1.807) is 30.1 Å². The van der Waals surface area contributed by atoms with E-state index in [9.17, 15) is 4.79 Å². The summed E-state index contributed by atoms with van der Waals surface area (Å²) in [4.78, 5) is 15.8. The fourth-order valence-electron chi connectivity index (χ4n) is 1.70. The molecule has 2 heterocycles. The Hall–Kier alpha value is -2.57. The number of hydrogen-bond acceptors (Lipinski definition) is 4. The number of amides is 2. The van der Waals surface area contributed by atoms with Gasteiger partial charge in [-0.25, -0.2) is 9.78 Å². The lowest BCUT2D eigenvalue weighted by molar-refractivity contribution is 0.247. The molecule has 7 nitrogen and oxygen atoms in total. The van der Waals surface area contributed by atoms with Gasteiger partial charge in [0.15, 0.2) is 0 Å². The minimum Gasteiger partial charge on any atom is -0.481 e. The van der Waals surface area contributed by atoms with Crippen LogP contribution in [0.15, 0.2) is 36.8 Å². The van der Waals surface area contributed by atoms with Crippen molar-refractivity contribution in [2.75, 3.05) is 12.4 Å². The van der Waals surface area contributed by atoms with Crippen molar-refractivity contribution < 1.29 is 9.53 Å². The van der Waals surface area contributed by atoms with Crippen molar-refractivity contribution in [3.8, 4) is 5.88 Å². The second-order valence-electron chi connectivity index (χ2n) is 4.32.